The number of nitrogens with one attached hydrogen (secondary N) is 2. The van der Waals surface area contributed by atoms with Crippen LogP contribution in [-0.2, 0) is 0 Å². The first-order valence-electron chi connectivity index (χ1n) is 2.65. The summed E-state index contributed by atoms with van der Waals surface area (Å²) in [7, 11) is 4.09. The average Bonchev–Trinajstić information content (AvgIpc) is 1.61. The van der Waals surface area contributed by atoms with Crippen molar-refractivity contribution in [2.75, 3.05) is 0 Å². The van der Waals surface area contributed by atoms with E-state index in [4.69, 9.17) is 0 Å². The first-order chi connectivity index (χ1) is 3.27. The molecular formula is H14N2Si5. The highest BCUT2D eigenvalue weighted by molar-refractivity contribution is 7.29. The summed E-state index contributed by atoms with van der Waals surface area (Å²) in [6.45, 7) is 0. The van der Waals surface area contributed by atoms with Crippen LogP contribution in [-0.4, -0.2) is 47.8 Å². The Balaban J connectivity index is 2.68. The monoisotopic (exact) mass is 182 g/mol. The molecule has 0 aliphatic heterocycles. The van der Waals surface area contributed by atoms with Crippen molar-refractivity contribution in [1.82, 2.24) is 9.30 Å². The van der Waals surface area contributed by atoms with Crippen LogP contribution in [0.4, 0.5) is 0 Å². The summed E-state index contributed by atoms with van der Waals surface area (Å²) in [5.41, 5.74) is 0. The Labute approximate surface area is 57.4 Å². The SMILES string of the molecule is [SiH3]N[SiH2]N[SiH]([SiH3])[SiH3]. The van der Waals surface area contributed by atoms with Crippen LogP contribution >= 0.6 is 0 Å². The van der Waals surface area contributed by atoms with Gasteiger partial charge in [-0.05, 0) is 0 Å². The van der Waals surface area contributed by atoms with Crippen LogP contribution < -0.4 is 9.30 Å². The molecule has 0 atom stereocenters. The van der Waals surface area contributed by atoms with E-state index in [9.17, 15) is 0 Å². The van der Waals surface area contributed by atoms with Crippen LogP contribution in [0, 0.1) is 0 Å². The molecule has 0 saturated carbocycles. The molecule has 0 aliphatic carbocycles. The molecule has 0 bridgehead atoms. The lowest BCUT2D eigenvalue weighted by atomic mass is 13.8. The largest absolute Gasteiger partial charge is 0.360 e. The van der Waals surface area contributed by atoms with Crippen LogP contribution in [0.25, 0.3) is 0 Å². The molecule has 0 aromatic rings. The van der Waals surface area contributed by atoms with Crippen LogP contribution in [0.2, 0.25) is 0 Å². The van der Waals surface area contributed by atoms with Gasteiger partial charge in [-0.15, -0.1) is 0 Å². The van der Waals surface area contributed by atoms with Gasteiger partial charge in [-0.3, -0.25) is 0 Å². The highest BCUT2D eigenvalue weighted by atomic mass is 29.5. The molecule has 0 fully saturated rings. The van der Waals surface area contributed by atoms with E-state index in [0.29, 0.717) is 0 Å². The Hall–Kier alpha value is 1.00. The first-order valence-corrected chi connectivity index (χ1v) is 14.9. The second-order valence-corrected chi connectivity index (χ2v) is 26.3. The second kappa shape index (κ2) is 5.15. The van der Waals surface area contributed by atoms with E-state index in [2.05, 4.69) is 9.30 Å². The van der Waals surface area contributed by atoms with Gasteiger partial charge in [0.25, 0.3) is 0 Å². The molecule has 0 aromatic heterocycles. The van der Waals surface area contributed by atoms with Crippen LogP contribution in [0.15, 0.2) is 0 Å². The van der Waals surface area contributed by atoms with Gasteiger partial charge in [-0.1, -0.05) is 0 Å². The summed E-state index contributed by atoms with van der Waals surface area (Å²) in [5, 5.41) is 0. The van der Waals surface area contributed by atoms with Crippen molar-refractivity contribution in [3.05, 3.63) is 0 Å². The maximum Gasteiger partial charge on any atom is 0.153 e. The predicted molar refractivity (Wildman–Crippen MR) is 51.8 cm³/mol. The Morgan fingerprint density at radius 3 is 2.14 bits per heavy atom. The molecule has 0 aliphatic rings. The lowest BCUT2D eigenvalue weighted by Gasteiger charge is -2.02. The van der Waals surface area contributed by atoms with Crippen molar-refractivity contribution in [1.29, 1.82) is 0 Å². The minimum atomic E-state index is -0.139. The fraction of sp³-hybridized carbons (Fsp3) is 0. The molecule has 44 valence electrons. The van der Waals surface area contributed by atoms with Crippen molar-refractivity contribution in [3.63, 3.8) is 0 Å². The molecule has 0 amide bonds. The minimum Gasteiger partial charge on any atom is -0.360 e. The zero-order valence-corrected chi connectivity index (χ0v) is 13.9. The van der Waals surface area contributed by atoms with Crippen LogP contribution in [0.1, 0.15) is 0 Å². The Morgan fingerprint density at radius 1 is 1.43 bits per heavy atom. The maximum absolute atomic E-state index is 3.62. The fourth-order valence-electron chi connectivity index (χ4n) is 0.306. The van der Waals surface area contributed by atoms with Gasteiger partial charge < -0.3 is 9.30 Å². The van der Waals surface area contributed by atoms with E-state index in [-0.39, 0.29) is 17.8 Å². The standard InChI is InChI=1S/H14N2Si5/c3-1-6-2-7(4)5/h1-2,7H,6H2,3-5H3. The number of hydrogen-bond donors (Lipinski definition) is 2. The molecule has 0 heterocycles. The van der Waals surface area contributed by atoms with E-state index >= 15 is 0 Å². The Bertz CT molecular complexity index is 35.1. The summed E-state index contributed by atoms with van der Waals surface area (Å²) >= 11 is 0. The zero-order valence-electron chi connectivity index (χ0n) is 5.28. The third kappa shape index (κ3) is 7.00. The quantitative estimate of drug-likeness (QED) is 0.425. The van der Waals surface area contributed by atoms with Gasteiger partial charge >= 0.3 is 0 Å². The summed E-state index contributed by atoms with van der Waals surface area (Å²) in [6.07, 6.45) is 0. The van der Waals surface area contributed by atoms with Crippen molar-refractivity contribution >= 4 is 47.8 Å². The van der Waals surface area contributed by atoms with Crippen molar-refractivity contribution < 1.29 is 0 Å². The van der Waals surface area contributed by atoms with Crippen LogP contribution in [0.3, 0.4) is 0 Å². The number of rotatable bonds is 3. The maximum atomic E-state index is 3.62. The predicted octanol–water partition coefficient (Wildman–Crippen LogP) is -6.11. The normalized spacial score (nSPS) is 17.1. The molecule has 0 saturated heterocycles. The highest BCUT2D eigenvalue weighted by Gasteiger charge is 1.88. The smallest absolute Gasteiger partial charge is 0.153 e. The molecule has 0 spiro atoms. The first kappa shape index (κ1) is 8.00. The fourth-order valence-corrected chi connectivity index (χ4v) is 8.27. The lowest BCUT2D eigenvalue weighted by molar-refractivity contribution is 1.46. The van der Waals surface area contributed by atoms with Gasteiger partial charge in [0, 0.05) is 19.5 Å². The second-order valence-electron chi connectivity index (χ2n) is 1.89. The Morgan fingerprint density at radius 2 is 2.00 bits per heavy atom. The van der Waals surface area contributed by atoms with Gasteiger partial charge in [0.05, 0.1) is 18.4 Å². The minimum absolute atomic E-state index is 0.0671. The van der Waals surface area contributed by atoms with Crippen molar-refractivity contribution in [3.8, 4) is 0 Å². The van der Waals surface area contributed by atoms with Gasteiger partial charge in [0.15, 0.2) is 9.84 Å². The molecule has 0 unspecified atom stereocenters. The molecule has 0 radical (unpaired) electrons. The topological polar surface area (TPSA) is 24.1 Å². The van der Waals surface area contributed by atoms with E-state index in [1.807, 2.05) is 0 Å². The third-order valence-electron chi connectivity index (χ3n) is 0.687. The molecule has 7 heavy (non-hydrogen) atoms. The number of hydrogen-bond acceptors (Lipinski definition) is 2. The summed E-state index contributed by atoms with van der Waals surface area (Å²) in [5.74, 6) is 0. The summed E-state index contributed by atoms with van der Waals surface area (Å²) in [6, 6.07) is 0. The van der Waals surface area contributed by atoms with Gasteiger partial charge in [0.1, 0.15) is 0 Å². The van der Waals surface area contributed by atoms with Crippen LogP contribution in [0.5, 0.6) is 0 Å². The molecule has 0 rings (SSSR count). The molecule has 2 nitrogen and oxygen atoms in total. The lowest BCUT2D eigenvalue weighted by Crippen LogP contribution is -2.43. The highest BCUT2D eigenvalue weighted by Crippen LogP contribution is 1.46. The van der Waals surface area contributed by atoms with E-state index < -0.39 is 0 Å². The molecular weight excluding hydrogens is 168 g/mol. The summed E-state index contributed by atoms with van der Waals surface area (Å²) < 4.78 is 6.96. The zero-order chi connectivity index (χ0) is 5.70. The van der Waals surface area contributed by atoms with E-state index in [0.717, 1.165) is 0 Å². The molecule has 0 aromatic carbocycles. The van der Waals surface area contributed by atoms with Gasteiger partial charge in [0.2, 0.25) is 0 Å². The average molecular weight is 183 g/mol. The van der Waals surface area contributed by atoms with E-state index in [1.54, 1.807) is 0 Å². The Kier molecular flexibility index (Phi) is 5.89. The van der Waals surface area contributed by atoms with Gasteiger partial charge in [-0.25, -0.2) is 0 Å². The molecule has 2 N–H and O–H groups in total. The summed E-state index contributed by atoms with van der Waals surface area (Å²) in [4.78, 5) is 0. The van der Waals surface area contributed by atoms with Crippen molar-refractivity contribution in [2.45, 2.75) is 0 Å². The molecule has 7 heteroatoms. The third-order valence-corrected chi connectivity index (χ3v) is 13.5. The van der Waals surface area contributed by atoms with E-state index in [1.165, 1.54) is 29.9 Å². The van der Waals surface area contributed by atoms with Crippen molar-refractivity contribution in [2.24, 2.45) is 0 Å². The van der Waals surface area contributed by atoms with Gasteiger partial charge in [-0.2, -0.15) is 0 Å².